The van der Waals surface area contributed by atoms with E-state index >= 15 is 0 Å². The molecule has 0 radical (unpaired) electrons. The fourth-order valence-corrected chi connectivity index (χ4v) is 3.39. The van der Waals surface area contributed by atoms with E-state index in [0.29, 0.717) is 11.6 Å². The van der Waals surface area contributed by atoms with E-state index in [2.05, 4.69) is 20.9 Å². The Labute approximate surface area is 126 Å². The molecule has 2 rings (SSSR count). The van der Waals surface area contributed by atoms with Crippen molar-refractivity contribution in [3.8, 4) is 0 Å². The summed E-state index contributed by atoms with van der Waals surface area (Å²) in [5.41, 5.74) is 6.96. The van der Waals surface area contributed by atoms with Gasteiger partial charge in [0.1, 0.15) is 5.84 Å². The number of benzene rings is 1. The zero-order valence-electron chi connectivity index (χ0n) is 11.8. The molecule has 0 aliphatic carbocycles. The van der Waals surface area contributed by atoms with E-state index in [1.54, 1.807) is 0 Å². The molecule has 2 atom stereocenters. The maximum absolute atomic E-state index is 12.1. The van der Waals surface area contributed by atoms with Gasteiger partial charge in [-0.2, -0.15) is 0 Å². The molecule has 0 amide bonds. The van der Waals surface area contributed by atoms with Crippen molar-refractivity contribution in [3.63, 3.8) is 0 Å². The number of amidine groups is 1. The maximum atomic E-state index is 12.1. The highest BCUT2D eigenvalue weighted by atomic mass is 79.9. The molecule has 0 spiro atoms. The van der Waals surface area contributed by atoms with Gasteiger partial charge in [0.15, 0.2) is 0 Å². The van der Waals surface area contributed by atoms with Gasteiger partial charge in [-0.1, -0.05) is 41.9 Å². The third-order valence-electron chi connectivity index (χ3n) is 3.02. The lowest BCUT2D eigenvalue weighted by Gasteiger charge is -2.31. The Morgan fingerprint density at radius 2 is 2.05 bits per heavy atom. The van der Waals surface area contributed by atoms with E-state index in [1.165, 1.54) is 0 Å². The Balaban J connectivity index is 0.000000861. The quantitative estimate of drug-likeness (QED) is 0.848. The van der Waals surface area contributed by atoms with Crippen LogP contribution in [0.1, 0.15) is 39.3 Å². The number of aliphatic imine (C=N–C) groups is 1. The molecule has 1 aromatic rings. The SMILES string of the molecule is CC.CC1(C)C(N)=NC(c2cccc(Br)c2)CS1=O. The number of halogens is 1. The van der Waals surface area contributed by atoms with Crippen LogP contribution in [0.5, 0.6) is 0 Å². The molecule has 106 valence electrons. The maximum Gasteiger partial charge on any atom is 0.113 e. The van der Waals surface area contributed by atoms with Gasteiger partial charge in [-0.15, -0.1) is 0 Å². The van der Waals surface area contributed by atoms with Gasteiger partial charge in [0.2, 0.25) is 0 Å². The van der Waals surface area contributed by atoms with Crippen LogP contribution in [-0.2, 0) is 10.8 Å². The van der Waals surface area contributed by atoms with Gasteiger partial charge in [0.05, 0.1) is 16.5 Å². The molecule has 2 unspecified atom stereocenters. The van der Waals surface area contributed by atoms with Crippen LogP contribution < -0.4 is 5.73 Å². The molecule has 0 aromatic heterocycles. The predicted molar refractivity (Wildman–Crippen MR) is 86.9 cm³/mol. The lowest BCUT2D eigenvalue weighted by molar-refractivity contribution is 0.648. The smallest absolute Gasteiger partial charge is 0.113 e. The number of nitrogens with two attached hydrogens (primary N) is 1. The standard InChI is InChI=1S/C12H15BrN2OS.C2H6/c1-12(2)11(14)15-10(7-17(12)16)8-4-3-5-9(13)6-8;1-2/h3-6,10H,7H2,1-2H3,(H2,14,15);1-2H3. The Morgan fingerprint density at radius 1 is 1.42 bits per heavy atom. The van der Waals surface area contributed by atoms with Gasteiger partial charge >= 0.3 is 0 Å². The van der Waals surface area contributed by atoms with Crippen LogP contribution in [0.25, 0.3) is 0 Å². The predicted octanol–water partition coefficient (Wildman–Crippen LogP) is 3.41. The summed E-state index contributed by atoms with van der Waals surface area (Å²) in [6.45, 7) is 7.75. The Hall–Kier alpha value is -0.680. The molecule has 1 aromatic carbocycles. The third kappa shape index (κ3) is 3.66. The summed E-state index contributed by atoms with van der Waals surface area (Å²) >= 11 is 3.43. The van der Waals surface area contributed by atoms with E-state index < -0.39 is 15.5 Å². The second-order valence-corrected chi connectivity index (χ2v) is 7.57. The number of nitrogens with zero attached hydrogens (tertiary/aromatic N) is 1. The highest BCUT2D eigenvalue weighted by Gasteiger charge is 2.36. The van der Waals surface area contributed by atoms with Crippen molar-refractivity contribution in [3.05, 3.63) is 34.3 Å². The first-order valence-corrected chi connectivity index (χ1v) is 8.50. The fraction of sp³-hybridized carbons (Fsp3) is 0.500. The third-order valence-corrected chi connectivity index (χ3v) is 5.48. The molecule has 0 fully saturated rings. The molecule has 1 aliphatic heterocycles. The van der Waals surface area contributed by atoms with Gasteiger partial charge < -0.3 is 5.73 Å². The average Bonchev–Trinajstić information content (AvgIpc) is 2.38. The van der Waals surface area contributed by atoms with Crippen molar-refractivity contribution < 1.29 is 4.21 Å². The van der Waals surface area contributed by atoms with Crippen molar-refractivity contribution in [2.75, 3.05) is 5.75 Å². The van der Waals surface area contributed by atoms with Crippen LogP contribution in [-0.4, -0.2) is 20.5 Å². The first-order valence-electron chi connectivity index (χ1n) is 6.39. The second kappa shape index (κ2) is 6.66. The lowest BCUT2D eigenvalue weighted by Crippen LogP contribution is -2.47. The van der Waals surface area contributed by atoms with E-state index in [0.717, 1.165) is 10.0 Å². The first kappa shape index (κ1) is 16.4. The van der Waals surface area contributed by atoms with Crippen LogP contribution in [0.2, 0.25) is 0 Å². The van der Waals surface area contributed by atoms with Crippen molar-refractivity contribution in [2.45, 2.75) is 38.5 Å². The minimum Gasteiger partial charge on any atom is -0.386 e. The number of hydrogen-bond donors (Lipinski definition) is 1. The molecule has 5 heteroatoms. The summed E-state index contributed by atoms with van der Waals surface area (Å²) in [7, 11) is -0.989. The van der Waals surface area contributed by atoms with Gasteiger partial charge in [-0.3, -0.25) is 9.20 Å². The summed E-state index contributed by atoms with van der Waals surface area (Å²) in [6.07, 6.45) is 0. The Kier molecular flexibility index (Phi) is 5.74. The molecule has 0 saturated heterocycles. The molecule has 2 N–H and O–H groups in total. The van der Waals surface area contributed by atoms with E-state index in [9.17, 15) is 4.21 Å². The number of rotatable bonds is 1. The van der Waals surface area contributed by atoms with Crippen LogP contribution >= 0.6 is 15.9 Å². The first-order chi connectivity index (χ1) is 8.91. The normalized spacial score (nSPS) is 25.0. The summed E-state index contributed by atoms with van der Waals surface area (Å²) in [4.78, 5) is 4.48. The molecule has 1 heterocycles. The molecule has 3 nitrogen and oxygen atoms in total. The van der Waals surface area contributed by atoms with Crippen molar-refractivity contribution in [2.24, 2.45) is 10.7 Å². The molecule has 0 bridgehead atoms. The fourth-order valence-electron chi connectivity index (χ4n) is 1.71. The van der Waals surface area contributed by atoms with Crippen LogP contribution in [0.3, 0.4) is 0 Å². The molecule has 0 saturated carbocycles. The minimum absolute atomic E-state index is 0.0960. The topological polar surface area (TPSA) is 55.4 Å². The largest absolute Gasteiger partial charge is 0.386 e. The van der Waals surface area contributed by atoms with Crippen LogP contribution in [0.15, 0.2) is 33.7 Å². The van der Waals surface area contributed by atoms with Crippen molar-refractivity contribution in [1.29, 1.82) is 0 Å². The monoisotopic (exact) mass is 344 g/mol. The second-order valence-electron chi connectivity index (χ2n) is 4.61. The van der Waals surface area contributed by atoms with E-state index in [4.69, 9.17) is 5.73 Å². The molecule has 1 aliphatic rings. The Bertz CT molecular complexity index is 500. The van der Waals surface area contributed by atoms with Gasteiger partial charge in [-0.25, -0.2) is 0 Å². The molecular formula is C14H21BrN2OS. The van der Waals surface area contributed by atoms with Crippen LogP contribution in [0, 0.1) is 0 Å². The Morgan fingerprint density at radius 3 is 2.58 bits per heavy atom. The van der Waals surface area contributed by atoms with E-state index in [1.807, 2.05) is 52.0 Å². The highest BCUT2D eigenvalue weighted by molar-refractivity contribution is 9.10. The molecule has 19 heavy (non-hydrogen) atoms. The zero-order valence-corrected chi connectivity index (χ0v) is 14.2. The van der Waals surface area contributed by atoms with Gasteiger partial charge in [-0.05, 0) is 31.5 Å². The van der Waals surface area contributed by atoms with Crippen molar-refractivity contribution >= 4 is 32.6 Å². The van der Waals surface area contributed by atoms with E-state index in [-0.39, 0.29) is 6.04 Å². The number of hydrogen-bond acceptors (Lipinski definition) is 3. The summed E-state index contributed by atoms with van der Waals surface area (Å²) in [6, 6.07) is 7.80. The van der Waals surface area contributed by atoms with Gasteiger partial charge in [0.25, 0.3) is 0 Å². The van der Waals surface area contributed by atoms with Gasteiger partial charge in [0, 0.05) is 15.3 Å². The summed E-state index contributed by atoms with van der Waals surface area (Å²) < 4.78 is 12.6. The summed E-state index contributed by atoms with van der Waals surface area (Å²) in [5, 5.41) is 0. The average molecular weight is 345 g/mol. The lowest BCUT2D eigenvalue weighted by atomic mass is 10.1. The molecular weight excluding hydrogens is 324 g/mol. The van der Waals surface area contributed by atoms with Crippen molar-refractivity contribution in [1.82, 2.24) is 0 Å². The summed E-state index contributed by atoms with van der Waals surface area (Å²) in [5.74, 6) is 1.01. The highest BCUT2D eigenvalue weighted by Crippen LogP contribution is 2.30. The minimum atomic E-state index is -0.989. The van der Waals surface area contributed by atoms with Crippen LogP contribution in [0.4, 0.5) is 0 Å². The zero-order chi connectivity index (χ0) is 14.6.